The highest BCUT2D eigenvalue weighted by atomic mass is 16.4. The molecule has 0 aliphatic heterocycles. The topological polar surface area (TPSA) is 188 Å². The predicted octanol–water partition coefficient (Wildman–Crippen LogP) is 1.05. The molecule has 11 heteroatoms. The Morgan fingerprint density at radius 3 is 1.89 bits per heavy atom. The van der Waals surface area contributed by atoms with E-state index < -0.39 is 60.2 Å². The van der Waals surface area contributed by atoms with Crippen LogP contribution in [0.3, 0.4) is 0 Å². The Morgan fingerprint density at radius 2 is 1.38 bits per heavy atom. The molecule has 0 aliphatic rings. The van der Waals surface area contributed by atoms with Gasteiger partial charge in [0.05, 0.1) is 6.04 Å². The van der Waals surface area contributed by atoms with Crippen LogP contribution in [0.2, 0.25) is 0 Å². The van der Waals surface area contributed by atoms with Gasteiger partial charge in [0, 0.05) is 12.8 Å². The molecule has 1 aromatic carbocycles. The lowest BCUT2D eigenvalue weighted by atomic mass is 9.97. The molecule has 206 valence electrons. The highest BCUT2D eigenvalue weighted by Gasteiger charge is 2.31. The number of aliphatic carboxylic acids is 2. The molecule has 0 saturated heterocycles. The van der Waals surface area contributed by atoms with Crippen molar-refractivity contribution < 1.29 is 34.2 Å². The molecule has 5 unspecified atom stereocenters. The van der Waals surface area contributed by atoms with E-state index >= 15 is 0 Å². The minimum atomic E-state index is -1.32. The zero-order valence-electron chi connectivity index (χ0n) is 21.9. The molecular weight excluding hydrogens is 480 g/mol. The summed E-state index contributed by atoms with van der Waals surface area (Å²) in [5, 5.41) is 26.3. The van der Waals surface area contributed by atoms with Crippen LogP contribution in [-0.4, -0.2) is 64.0 Å². The summed E-state index contributed by atoms with van der Waals surface area (Å²) < 4.78 is 0. The second kappa shape index (κ2) is 15.6. The summed E-state index contributed by atoms with van der Waals surface area (Å²) in [6, 6.07) is 4.23. The number of rotatable bonds is 16. The van der Waals surface area contributed by atoms with Crippen LogP contribution < -0.4 is 21.7 Å². The molecule has 3 amide bonds. The van der Waals surface area contributed by atoms with E-state index in [1.165, 1.54) is 0 Å². The van der Waals surface area contributed by atoms with Crippen LogP contribution in [0.5, 0.6) is 0 Å². The Kier molecular flexibility index (Phi) is 13.3. The van der Waals surface area contributed by atoms with Crippen molar-refractivity contribution >= 4 is 29.7 Å². The van der Waals surface area contributed by atoms with Gasteiger partial charge in [-0.1, -0.05) is 64.4 Å². The van der Waals surface area contributed by atoms with Gasteiger partial charge in [0.2, 0.25) is 17.7 Å². The molecule has 0 spiro atoms. The molecule has 1 rings (SSSR count). The van der Waals surface area contributed by atoms with Crippen molar-refractivity contribution in [2.75, 3.05) is 0 Å². The van der Waals surface area contributed by atoms with E-state index in [0.29, 0.717) is 12.0 Å². The summed E-state index contributed by atoms with van der Waals surface area (Å²) in [5.41, 5.74) is 6.68. The van der Waals surface area contributed by atoms with E-state index in [-0.39, 0.29) is 31.1 Å². The van der Waals surface area contributed by atoms with E-state index in [0.717, 1.165) is 0 Å². The van der Waals surface area contributed by atoms with Gasteiger partial charge in [-0.05, 0) is 30.2 Å². The summed E-state index contributed by atoms with van der Waals surface area (Å²) >= 11 is 0. The van der Waals surface area contributed by atoms with Gasteiger partial charge in [-0.25, -0.2) is 4.79 Å². The molecule has 11 nitrogen and oxygen atoms in total. The number of carboxylic acids is 2. The van der Waals surface area contributed by atoms with Crippen molar-refractivity contribution in [3.8, 4) is 0 Å². The van der Waals surface area contributed by atoms with Crippen molar-refractivity contribution in [2.24, 2.45) is 17.6 Å². The lowest BCUT2D eigenvalue weighted by molar-refractivity contribution is -0.143. The number of hydrogen-bond acceptors (Lipinski definition) is 6. The molecular formula is C26H40N4O7. The Hall–Kier alpha value is -3.47. The van der Waals surface area contributed by atoms with Gasteiger partial charge in [-0.15, -0.1) is 0 Å². The lowest BCUT2D eigenvalue weighted by Gasteiger charge is -2.26. The fourth-order valence-corrected chi connectivity index (χ4v) is 3.61. The number of carbonyl (C=O) groups is 5. The Labute approximate surface area is 217 Å². The third kappa shape index (κ3) is 11.4. The molecule has 7 N–H and O–H groups in total. The van der Waals surface area contributed by atoms with Gasteiger partial charge in [0.25, 0.3) is 0 Å². The second-order valence-electron chi connectivity index (χ2n) is 9.68. The molecule has 0 aromatic heterocycles. The van der Waals surface area contributed by atoms with Crippen LogP contribution >= 0.6 is 0 Å². The van der Waals surface area contributed by atoms with Gasteiger partial charge in [-0.3, -0.25) is 19.2 Å². The Morgan fingerprint density at radius 1 is 0.838 bits per heavy atom. The first-order chi connectivity index (χ1) is 17.3. The molecule has 0 saturated carbocycles. The third-order valence-corrected chi connectivity index (χ3v) is 6.08. The zero-order chi connectivity index (χ0) is 28.1. The first-order valence-electron chi connectivity index (χ1n) is 12.5. The molecule has 0 heterocycles. The minimum absolute atomic E-state index is 0.00104. The Balaban J connectivity index is 3.05. The van der Waals surface area contributed by atoms with Crippen molar-refractivity contribution in [1.29, 1.82) is 0 Å². The monoisotopic (exact) mass is 520 g/mol. The van der Waals surface area contributed by atoms with Gasteiger partial charge >= 0.3 is 11.9 Å². The zero-order valence-corrected chi connectivity index (χ0v) is 21.9. The van der Waals surface area contributed by atoms with Gasteiger partial charge in [0.15, 0.2) is 0 Å². The largest absolute Gasteiger partial charge is 0.481 e. The van der Waals surface area contributed by atoms with Crippen LogP contribution in [0.4, 0.5) is 0 Å². The fourth-order valence-electron chi connectivity index (χ4n) is 3.61. The van der Waals surface area contributed by atoms with Gasteiger partial charge in [-0.2, -0.15) is 0 Å². The standard InChI is InChI=1S/C26H40N4O7/c1-5-16(4)22(27)25(35)29-19(13-15(2)3)24(34)28-18(11-12-21(31)32)23(33)30-20(26(36)37)14-17-9-7-6-8-10-17/h6-10,15-16,18-20,22H,5,11-14,27H2,1-4H3,(H,28,34)(H,29,35)(H,30,33)(H,31,32)(H,36,37). The maximum Gasteiger partial charge on any atom is 0.326 e. The van der Waals surface area contributed by atoms with E-state index in [4.69, 9.17) is 10.8 Å². The predicted molar refractivity (Wildman–Crippen MR) is 137 cm³/mol. The summed E-state index contributed by atoms with van der Waals surface area (Å²) in [4.78, 5) is 61.7. The van der Waals surface area contributed by atoms with E-state index in [9.17, 15) is 29.1 Å². The molecule has 37 heavy (non-hydrogen) atoms. The van der Waals surface area contributed by atoms with E-state index in [1.54, 1.807) is 30.3 Å². The number of hydrogen-bond donors (Lipinski definition) is 6. The SMILES string of the molecule is CCC(C)C(N)C(=O)NC(CC(C)C)C(=O)NC(CCC(=O)O)C(=O)NC(Cc1ccccc1)C(=O)O. The quantitative estimate of drug-likeness (QED) is 0.186. The molecule has 1 aromatic rings. The first kappa shape index (κ1) is 31.6. The second-order valence-corrected chi connectivity index (χ2v) is 9.68. The first-order valence-corrected chi connectivity index (χ1v) is 12.5. The lowest BCUT2D eigenvalue weighted by Crippen LogP contribution is -2.58. The van der Waals surface area contributed by atoms with Gasteiger partial charge < -0.3 is 31.9 Å². The number of nitrogens with two attached hydrogens (primary N) is 1. The normalized spacial score (nSPS) is 15.1. The third-order valence-electron chi connectivity index (χ3n) is 6.08. The van der Waals surface area contributed by atoms with Crippen molar-refractivity contribution in [1.82, 2.24) is 16.0 Å². The molecule has 0 bridgehead atoms. The fraction of sp³-hybridized carbons (Fsp3) is 0.577. The highest BCUT2D eigenvalue weighted by molar-refractivity contribution is 5.94. The van der Waals surface area contributed by atoms with Crippen LogP contribution in [0.1, 0.15) is 58.9 Å². The summed E-state index contributed by atoms with van der Waals surface area (Å²) in [6.07, 6.45) is 0.222. The van der Waals surface area contributed by atoms with Crippen molar-refractivity contribution in [3.63, 3.8) is 0 Å². The number of benzene rings is 1. The van der Waals surface area contributed by atoms with E-state index in [1.807, 2.05) is 27.7 Å². The number of nitrogens with one attached hydrogen (secondary N) is 3. The van der Waals surface area contributed by atoms with Crippen LogP contribution in [0, 0.1) is 11.8 Å². The number of carboxylic acid groups (broad SMARTS) is 2. The summed E-state index contributed by atoms with van der Waals surface area (Å²) in [5.74, 6) is -4.58. The molecule has 0 aliphatic carbocycles. The van der Waals surface area contributed by atoms with Crippen LogP contribution in [0.25, 0.3) is 0 Å². The van der Waals surface area contributed by atoms with Crippen LogP contribution in [-0.2, 0) is 30.4 Å². The summed E-state index contributed by atoms with van der Waals surface area (Å²) in [7, 11) is 0. The number of carbonyl (C=O) groups excluding carboxylic acids is 3. The smallest absolute Gasteiger partial charge is 0.326 e. The molecule has 0 fully saturated rings. The van der Waals surface area contributed by atoms with Crippen molar-refractivity contribution in [3.05, 3.63) is 35.9 Å². The average Bonchev–Trinajstić information content (AvgIpc) is 2.84. The minimum Gasteiger partial charge on any atom is -0.481 e. The number of amides is 3. The molecule has 5 atom stereocenters. The average molecular weight is 521 g/mol. The Bertz CT molecular complexity index is 923. The van der Waals surface area contributed by atoms with Crippen LogP contribution in [0.15, 0.2) is 30.3 Å². The maximum atomic E-state index is 13.1. The summed E-state index contributed by atoms with van der Waals surface area (Å²) in [6.45, 7) is 7.43. The van der Waals surface area contributed by atoms with Gasteiger partial charge in [0.1, 0.15) is 18.1 Å². The van der Waals surface area contributed by atoms with Crippen molar-refractivity contribution in [2.45, 2.75) is 84.0 Å². The highest BCUT2D eigenvalue weighted by Crippen LogP contribution is 2.11. The maximum absolute atomic E-state index is 13.1. The van der Waals surface area contributed by atoms with E-state index in [2.05, 4.69) is 16.0 Å². The molecule has 0 radical (unpaired) electrons.